The molecule has 0 spiro atoms. The van der Waals surface area contributed by atoms with E-state index in [0.717, 1.165) is 6.42 Å². The lowest BCUT2D eigenvalue weighted by atomic mass is 10.0. The maximum Gasteiger partial charge on any atom is 0.336 e. The zero-order valence-corrected chi connectivity index (χ0v) is 9.26. The van der Waals surface area contributed by atoms with Crippen LogP contribution in [0, 0.1) is 5.92 Å². The van der Waals surface area contributed by atoms with Crippen molar-refractivity contribution in [3.63, 3.8) is 0 Å². The van der Waals surface area contributed by atoms with Gasteiger partial charge in [-0.15, -0.1) is 0 Å². The van der Waals surface area contributed by atoms with Gasteiger partial charge in [-0.1, -0.05) is 6.08 Å². The predicted octanol–water partition coefficient (Wildman–Crippen LogP) is 0.494. The quantitative estimate of drug-likeness (QED) is 0.287. The van der Waals surface area contributed by atoms with Gasteiger partial charge in [0.1, 0.15) is 12.9 Å². The number of fused-ring (bicyclic) bond motifs is 1. The summed E-state index contributed by atoms with van der Waals surface area (Å²) in [7, 11) is 1.60. The number of rotatable bonds is 6. The summed E-state index contributed by atoms with van der Waals surface area (Å²) in [6.07, 6.45) is 4.18. The van der Waals surface area contributed by atoms with Crippen LogP contribution in [-0.4, -0.2) is 45.3 Å². The van der Waals surface area contributed by atoms with Gasteiger partial charge in [0, 0.05) is 13.0 Å². The number of hydrogen-bond acceptors (Lipinski definition) is 5. The topological polar surface area (TPSA) is 54.0 Å². The molecule has 0 aromatic heterocycles. The van der Waals surface area contributed by atoms with Crippen molar-refractivity contribution in [2.24, 2.45) is 5.92 Å². The first-order chi connectivity index (χ1) is 7.83. The number of ether oxygens (including phenoxy) is 4. The molecule has 2 aliphatic rings. The molecule has 1 aliphatic heterocycles. The highest BCUT2D eigenvalue weighted by atomic mass is 16.7. The second kappa shape index (κ2) is 5.43. The van der Waals surface area contributed by atoms with Crippen LogP contribution in [0.3, 0.4) is 0 Å². The smallest absolute Gasteiger partial charge is 0.336 e. The van der Waals surface area contributed by atoms with E-state index in [1.54, 1.807) is 7.11 Å². The van der Waals surface area contributed by atoms with Crippen molar-refractivity contribution in [3.8, 4) is 0 Å². The van der Waals surface area contributed by atoms with Crippen molar-refractivity contribution in [2.45, 2.75) is 18.6 Å². The van der Waals surface area contributed by atoms with Gasteiger partial charge in [0.25, 0.3) is 0 Å². The number of carbonyl (C=O) groups is 1. The number of methoxy groups -OCH3 is 1. The van der Waals surface area contributed by atoms with Gasteiger partial charge in [0.15, 0.2) is 6.10 Å². The first kappa shape index (κ1) is 11.6. The van der Waals surface area contributed by atoms with Crippen molar-refractivity contribution in [3.05, 3.63) is 12.2 Å². The molecule has 5 nitrogen and oxygen atoms in total. The Morgan fingerprint density at radius 1 is 1.50 bits per heavy atom. The van der Waals surface area contributed by atoms with Gasteiger partial charge >= 0.3 is 5.97 Å². The van der Waals surface area contributed by atoms with Gasteiger partial charge in [0.2, 0.25) is 0 Å². The van der Waals surface area contributed by atoms with Gasteiger partial charge in [-0.25, -0.2) is 4.79 Å². The molecule has 1 heterocycles. The molecule has 1 aliphatic carbocycles. The lowest BCUT2D eigenvalue weighted by Gasteiger charge is -2.14. The molecule has 5 heteroatoms. The highest BCUT2D eigenvalue weighted by Crippen LogP contribution is 2.33. The van der Waals surface area contributed by atoms with E-state index in [-0.39, 0.29) is 24.8 Å². The monoisotopic (exact) mass is 228 g/mol. The third kappa shape index (κ3) is 2.42. The minimum Gasteiger partial charge on any atom is -0.456 e. The highest BCUT2D eigenvalue weighted by molar-refractivity contribution is 5.78. The molecule has 0 radical (unpaired) electrons. The van der Waals surface area contributed by atoms with Crippen molar-refractivity contribution in [1.82, 2.24) is 0 Å². The van der Waals surface area contributed by atoms with Crippen LogP contribution in [-0.2, 0) is 23.7 Å². The normalized spacial score (nSPS) is 31.8. The molecule has 0 aromatic carbocycles. The lowest BCUT2D eigenvalue weighted by molar-refractivity contribution is -0.158. The fraction of sp³-hybridized carbons (Fsp3) is 0.727. The van der Waals surface area contributed by atoms with E-state index in [1.807, 2.05) is 12.2 Å². The molecule has 0 amide bonds. The summed E-state index contributed by atoms with van der Waals surface area (Å²) in [5.41, 5.74) is 0. The number of hydrogen-bond donors (Lipinski definition) is 0. The Labute approximate surface area is 94.3 Å². The molecule has 0 saturated carbocycles. The Bertz CT molecular complexity index is 276. The van der Waals surface area contributed by atoms with Crippen LogP contribution in [0.25, 0.3) is 0 Å². The predicted molar refractivity (Wildman–Crippen MR) is 54.7 cm³/mol. The Balaban J connectivity index is 1.71. The van der Waals surface area contributed by atoms with E-state index >= 15 is 0 Å². The van der Waals surface area contributed by atoms with E-state index in [9.17, 15) is 4.79 Å². The van der Waals surface area contributed by atoms with Crippen LogP contribution < -0.4 is 0 Å². The minimum atomic E-state index is -0.484. The Kier molecular flexibility index (Phi) is 3.93. The fourth-order valence-electron chi connectivity index (χ4n) is 1.96. The summed E-state index contributed by atoms with van der Waals surface area (Å²) in [6.45, 7) is 1.09. The minimum absolute atomic E-state index is 0.100. The summed E-state index contributed by atoms with van der Waals surface area (Å²) in [5.74, 6) is -0.159. The second-order valence-electron chi connectivity index (χ2n) is 3.84. The van der Waals surface area contributed by atoms with E-state index in [4.69, 9.17) is 18.9 Å². The Morgan fingerprint density at radius 3 is 3.19 bits per heavy atom. The summed E-state index contributed by atoms with van der Waals surface area (Å²) in [6, 6.07) is 0. The Morgan fingerprint density at radius 2 is 2.38 bits per heavy atom. The number of allylic oxidation sites excluding steroid dienone is 1. The van der Waals surface area contributed by atoms with Crippen LogP contribution in [0.2, 0.25) is 0 Å². The number of esters is 1. The van der Waals surface area contributed by atoms with Crippen LogP contribution in [0.4, 0.5) is 0 Å². The third-order valence-corrected chi connectivity index (χ3v) is 2.79. The Hall–Kier alpha value is -0.910. The van der Waals surface area contributed by atoms with Crippen LogP contribution in [0.1, 0.15) is 6.42 Å². The van der Waals surface area contributed by atoms with Gasteiger partial charge in [-0.2, -0.15) is 0 Å². The summed E-state index contributed by atoms with van der Waals surface area (Å²) in [4.78, 5) is 11.4. The van der Waals surface area contributed by atoms with E-state index < -0.39 is 6.10 Å². The fourth-order valence-corrected chi connectivity index (χ4v) is 1.96. The van der Waals surface area contributed by atoms with E-state index in [1.165, 1.54) is 0 Å². The summed E-state index contributed by atoms with van der Waals surface area (Å²) >= 11 is 0. The molecule has 0 aromatic rings. The maximum absolute atomic E-state index is 11.4. The average Bonchev–Trinajstić information content (AvgIpc) is 2.80. The van der Waals surface area contributed by atoms with Crippen molar-refractivity contribution in [2.75, 3.05) is 27.1 Å². The van der Waals surface area contributed by atoms with Crippen LogP contribution >= 0.6 is 0 Å². The molecular weight excluding hydrogens is 212 g/mol. The third-order valence-electron chi connectivity index (χ3n) is 2.79. The molecule has 3 atom stereocenters. The molecule has 1 fully saturated rings. The molecule has 90 valence electrons. The van der Waals surface area contributed by atoms with Gasteiger partial charge in [-0.3, -0.25) is 0 Å². The molecule has 1 saturated heterocycles. The van der Waals surface area contributed by atoms with E-state index in [2.05, 4.69) is 0 Å². The standard InChI is InChI=1S/C11H16O5/c1-13-5-6-14-7-15-10-8-3-2-4-9(8)16-11(10)12/h2,4,8-10H,3,5-7H2,1H3/t8-,9+,10+/m1/s1. The molecule has 0 N–H and O–H groups in total. The average molecular weight is 228 g/mol. The first-order valence-electron chi connectivity index (χ1n) is 5.38. The van der Waals surface area contributed by atoms with Gasteiger partial charge in [-0.05, 0) is 12.5 Å². The van der Waals surface area contributed by atoms with Crippen LogP contribution in [0.5, 0.6) is 0 Å². The molecule has 0 bridgehead atoms. The van der Waals surface area contributed by atoms with Crippen molar-refractivity contribution >= 4 is 5.97 Å². The largest absolute Gasteiger partial charge is 0.456 e. The second-order valence-corrected chi connectivity index (χ2v) is 3.84. The molecule has 16 heavy (non-hydrogen) atoms. The molecule has 0 unspecified atom stereocenters. The van der Waals surface area contributed by atoms with E-state index in [0.29, 0.717) is 13.2 Å². The number of carbonyl (C=O) groups excluding carboxylic acids is 1. The zero-order valence-electron chi connectivity index (χ0n) is 9.26. The van der Waals surface area contributed by atoms with Crippen molar-refractivity contribution in [1.29, 1.82) is 0 Å². The summed E-state index contributed by atoms with van der Waals surface area (Å²) < 4.78 is 20.5. The SMILES string of the molecule is COCCOCO[C@@H]1C(=O)O[C@H]2C=CC[C@H]21. The maximum atomic E-state index is 11.4. The molecular formula is C11H16O5. The van der Waals surface area contributed by atoms with Crippen molar-refractivity contribution < 1.29 is 23.7 Å². The first-order valence-corrected chi connectivity index (χ1v) is 5.38. The van der Waals surface area contributed by atoms with Crippen LogP contribution in [0.15, 0.2) is 12.2 Å². The zero-order chi connectivity index (χ0) is 11.4. The highest BCUT2D eigenvalue weighted by Gasteiger charge is 2.45. The van der Waals surface area contributed by atoms with Gasteiger partial charge < -0.3 is 18.9 Å². The van der Waals surface area contributed by atoms with Gasteiger partial charge in [0.05, 0.1) is 13.2 Å². The molecule has 2 rings (SSSR count). The summed E-state index contributed by atoms with van der Waals surface area (Å²) in [5, 5.41) is 0. The lowest BCUT2D eigenvalue weighted by Crippen LogP contribution is -2.27.